The molecule has 0 bridgehead atoms. The molecule has 3 rings (SSSR count). The first-order chi connectivity index (χ1) is 14.4. The number of carbonyl (C=O) groups is 1. The number of rotatable bonds is 8. The Morgan fingerprint density at radius 2 is 1.63 bits per heavy atom. The van der Waals surface area contributed by atoms with Gasteiger partial charge in [0.2, 0.25) is 5.95 Å². The summed E-state index contributed by atoms with van der Waals surface area (Å²) in [6.45, 7) is 5.08. The SMILES string of the molecule is COc1cc2nc(NCCCNC(=O)c3cc(C)cc(C)c3)nc(N)c2cc1OC. The van der Waals surface area contributed by atoms with Crippen LogP contribution >= 0.6 is 0 Å². The first-order valence-corrected chi connectivity index (χ1v) is 9.71. The smallest absolute Gasteiger partial charge is 0.251 e. The molecule has 8 nitrogen and oxygen atoms in total. The maximum Gasteiger partial charge on any atom is 0.251 e. The minimum Gasteiger partial charge on any atom is -0.493 e. The van der Waals surface area contributed by atoms with Crippen molar-refractivity contribution < 1.29 is 14.3 Å². The van der Waals surface area contributed by atoms with E-state index in [2.05, 4.69) is 20.6 Å². The van der Waals surface area contributed by atoms with Gasteiger partial charge in [0.25, 0.3) is 5.91 Å². The molecule has 3 aromatic rings. The van der Waals surface area contributed by atoms with Crippen LogP contribution in [0.1, 0.15) is 27.9 Å². The molecular formula is C22H27N5O3. The highest BCUT2D eigenvalue weighted by molar-refractivity contribution is 5.94. The zero-order valence-corrected chi connectivity index (χ0v) is 17.7. The number of fused-ring (bicyclic) bond motifs is 1. The number of hydrogen-bond donors (Lipinski definition) is 3. The summed E-state index contributed by atoms with van der Waals surface area (Å²) in [6.07, 6.45) is 0.712. The highest BCUT2D eigenvalue weighted by Gasteiger charge is 2.12. The molecule has 0 aliphatic heterocycles. The van der Waals surface area contributed by atoms with Crippen molar-refractivity contribution in [1.29, 1.82) is 0 Å². The van der Waals surface area contributed by atoms with Crippen LogP contribution in [-0.2, 0) is 0 Å². The van der Waals surface area contributed by atoms with E-state index >= 15 is 0 Å². The molecule has 0 saturated heterocycles. The van der Waals surface area contributed by atoms with E-state index < -0.39 is 0 Å². The number of amides is 1. The van der Waals surface area contributed by atoms with E-state index in [4.69, 9.17) is 15.2 Å². The summed E-state index contributed by atoms with van der Waals surface area (Å²) in [7, 11) is 3.13. The summed E-state index contributed by atoms with van der Waals surface area (Å²) in [5.41, 5.74) is 9.56. The number of nitrogens with two attached hydrogens (primary N) is 1. The van der Waals surface area contributed by atoms with Crippen LogP contribution < -0.4 is 25.8 Å². The summed E-state index contributed by atoms with van der Waals surface area (Å²) in [6, 6.07) is 9.34. The van der Waals surface area contributed by atoms with Gasteiger partial charge < -0.3 is 25.8 Å². The van der Waals surface area contributed by atoms with E-state index in [1.165, 1.54) is 0 Å². The number of carbonyl (C=O) groups excluding carboxylic acids is 1. The van der Waals surface area contributed by atoms with Gasteiger partial charge in [-0.05, 0) is 38.5 Å². The van der Waals surface area contributed by atoms with Crippen molar-refractivity contribution in [1.82, 2.24) is 15.3 Å². The maximum atomic E-state index is 12.3. The molecule has 0 saturated carbocycles. The maximum absolute atomic E-state index is 12.3. The Kier molecular flexibility index (Phi) is 6.56. The van der Waals surface area contributed by atoms with Crippen molar-refractivity contribution in [2.24, 2.45) is 0 Å². The first-order valence-electron chi connectivity index (χ1n) is 9.71. The number of anilines is 2. The molecule has 1 heterocycles. The lowest BCUT2D eigenvalue weighted by molar-refractivity contribution is 0.0953. The van der Waals surface area contributed by atoms with Gasteiger partial charge in [-0.15, -0.1) is 0 Å². The van der Waals surface area contributed by atoms with Gasteiger partial charge in [0.05, 0.1) is 19.7 Å². The average Bonchev–Trinajstić information content (AvgIpc) is 2.71. The van der Waals surface area contributed by atoms with Gasteiger partial charge in [0.1, 0.15) is 5.82 Å². The standard InChI is InChI=1S/C22H27N5O3/c1-13-8-14(2)10-15(9-13)21(28)24-6-5-7-25-22-26-17-12-19(30-4)18(29-3)11-16(17)20(23)27-22/h8-12H,5-7H2,1-4H3,(H,24,28)(H3,23,25,26,27). The lowest BCUT2D eigenvalue weighted by Gasteiger charge is -2.12. The zero-order chi connectivity index (χ0) is 21.7. The summed E-state index contributed by atoms with van der Waals surface area (Å²) in [5.74, 6) is 1.84. The lowest BCUT2D eigenvalue weighted by Crippen LogP contribution is -2.26. The predicted octanol–water partition coefficient (Wildman–Crippen LogP) is 3.08. The Bertz CT molecular complexity index is 1050. The highest BCUT2D eigenvalue weighted by atomic mass is 16.5. The van der Waals surface area contributed by atoms with Gasteiger partial charge >= 0.3 is 0 Å². The second-order valence-corrected chi connectivity index (χ2v) is 7.07. The van der Waals surface area contributed by atoms with Crippen LogP contribution in [0.3, 0.4) is 0 Å². The number of ether oxygens (including phenoxy) is 2. The van der Waals surface area contributed by atoms with Crippen molar-refractivity contribution in [2.45, 2.75) is 20.3 Å². The lowest BCUT2D eigenvalue weighted by atomic mass is 10.1. The molecule has 30 heavy (non-hydrogen) atoms. The number of benzene rings is 2. The topological polar surface area (TPSA) is 111 Å². The molecule has 0 aliphatic carbocycles. The second kappa shape index (κ2) is 9.30. The number of aromatic nitrogens is 2. The number of nitrogen functional groups attached to an aromatic ring is 1. The summed E-state index contributed by atoms with van der Waals surface area (Å²) < 4.78 is 10.6. The minimum absolute atomic E-state index is 0.0750. The van der Waals surface area contributed by atoms with Crippen molar-refractivity contribution in [3.8, 4) is 11.5 Å². The highest BCUT2D eigenvalue weighted by Crippen LogP contribution is 2.33. The fraction of sp³-hybridized carbons (Fsp3) is 0.318. The Morgan fingerprint density at radius 3 is 2.30 bits per heavy atom. The minimum atomic E-state index is -0.0750. The molecule has 158 valence electrons. The molecule has 1 amide bonds. The molecule has 4 N–H and O–H groups in total. The number of hydrogen-bond acceptors (Lipinski definition) is 7. The monoisotopic (exact) mass is 409 g/mol. The van der Waals surface area contributed by atoms with Crippen molar-refractivity contribution in [3.05, 3.63) is 47.0 Å². The van der Waals surface area contributed by atoms with Crippen LogP contribution in [0.15, 0.2) is 30.3 Å². The average molecular weight is 409 g/mol. The van der Waals surface area contributed by atoms with Gasteiger partial charge in [0.15, 0.2) is 11.5 Å². The quantitative estimate of drug-likeness (QED) is 0.490. The third-order valence-corrected chi connectivity index (χ3v) is 4.64. The molecule has 8 heteroatoms. The molecule has 0 unspecified atom stereocenters. The van der Waals surface area contributed by atoms with Crippen LogP contribution in [0.5, 0.6) is 11.5 Å². The Labute approximate surface area is 175 Å². The van der Waals surface area contributed by atoms with E-state index in [1.807, 2.05) is 32.0 Å². The number of methoxy groups -OCH3 is 2. The number of nitrogens with zero attached hydrogens (tertiary/aromatic N) is 2. The van der Waals surface area contributed by atoms with E-state index in [1.54, 1.807) is 26.4 Å². The fourth-order valence-corrected chi connectivity index (χ4v) is 3.26. The largest absolute Gasteiger partial charge is 0.493 e. The molecule has 0 atom stereocenters. The number of nitrogens with one attached hydrogen (secondary N) is 2. The van der Waals surface area contributed by atoms with Gasteiger partial charge in [-0.3, -0.25) is 4.79 Å². The van der Waals surface area contributed by atoms with E-state index in [0.29, 0.717) is 59.2 Å². The van der Waals surface area contributed by atoms with Crippen molar-refractivity contribution >= 4 is 28.6 Å². The van der Waals surface area contributed by atoms with Crippen LogP contribution in [0.25, 0.3) is 10.9 Å². The van der Waals surface area contributed by atoms with Gasteiger partial charge in [0, 0.05) is 30.1 Å². The first kappa shape index (κ1) is 21.2. The predicted molar refractivity (Wildman–Crippen MR) is 118 cm³/mol. The van der Waals surface area contributed by atoms with Gasteiger partial charge in [-0.25, -0.2) is 4.98 Å². The van der Waals surface area contributed by atoms with E-state index in [9.17, 15) is 4.79 Å². The zero-order valence-electron chi connectivity index (χ0n) is 17.7. The van der Waals surface area contributed by atoms with Gasteiger partial charge in [-0.2, -0.15) is 4.98 Å². The molecule has 0 aliphatic rings. The van der Waals surface area contributed by atoms with Crippen LogP contribution in [-0.4, -0.2) is 43.2 Å². The fourth-order valence-electron chi connectivity index (χ4n) is 3.26. The third-order valence-electron chi connectivity index (χ3n) is 4.64. The Balaban J connectivity index is 1.57. The summed E-state index contributed by atoms with van der Waals surface area (Å²) >= 11 is 0. The molecule has 0 spiro atoms. The second-order valence-electron chi connectivity index (χ2n) is 7.07. The van der Waals surface area contributed by atoms with Crippen LogP contribution in [0.4, 0.5) is 11.8 Å². The van der Waals surface area contributed by atoms with Crippen molar-refractivity contribution in [3.63, 3.8) is 0 Å². The normalized spacial score (nSPS) is 10.7. The van der Waals surface area contributed by atoms with Crippen LogP contribution in [0, 0.1) is 13.8 Å². The Hall–Kier alpha value is -3.55. The molecule has 0 fully saturated rings. The van der Waals surface area contributed by atoms with E-state index in [-0.39, 0.29) is 5.91 Å². The van der Waals surface area contributed by atoms with E-state index in [0.717, 1.165) is 11.1 Å². The molecule has 2 aromatic carbocycles. The molecule has 0 radical (unpaired) electrons. The van der Waals surface area contributed by atoms with Crippen molar-refractivity contribution in [2.75, 3.05) is 38.4 Å². The number of aryl methyl sites for hydroxylation is 2. The van der Waals surface area contributed by atoms with Gasteiger partial charge in [-0.1, -0.05) is 17.2 Å². The summed E-state index contributed by atoms with van der Waals surface area (Å²) in [5, 5.41) is 6.78. The summed E-state index contributed by atoms with van der Waals surface area (Å²) in [4.78, 5) is 21.1. The molecule has 1 aromatic heterocycles. The Morgan fingerprint density at radius 1 is 0.967 bits per heavy atom. The van der Waals surface area contributed by atoms with Crippen LogP contribution in [0.2, 0.25) is 0 Å². The molecular weight excluding hydrogens is 382 g/mol. The third kappa shape index (κ3) is 4.89.